The van der Waals surface area contributed by atoms with Crippen molar-refractivity contribution in [1.29, 1.82) is 0 Å². The van der Waals surface area contributed by atoms with Crippen molar-refractivity contribution in [1.82, 2.24) is 5.32 Å². The van der Waals surface area contributed by atoms with E-state index in [2.05, 4.69) is 99.0 Å². The molecular weight excluding hydrogens is 991 g/mol. The molecule has 456 valence electrons. The number of ether oxygens (including phenoxy) is 3. The van der Waals surface area contributed by atoms with Crippen LogP contribution < -0.4 is 5.32 Å². The lowest BCUT2D eigenvalue weighted by Gasteiger charge is -2.41. The van der Waals surface area contributed by atoms with E-state index in [4.69, 9.17) is 14.2 Å². The Balaban J connectivity index is 2.66. The number of nitrogens with one attached hydrogen (secondary N) is 1. The van der Waals surface area contributed by atoms with Crippen LogP contribution in [0.5, 0.6) is 0 Å². The van der Waals surface area contributed by atoms with Gasteiger partial charge < -0.3 is 45.1 Å². The highest BCUT2D eigenvalue weighted by molar-refractivity contribution is 5.80. The van der Waals surface area contributed by atoms with Gasteiger partial charge in [-0.25, -0.2) is 0 Å². The molecular formula is C68H119NO10. The summed E-state index contributed by atoms with van der Waals surface area (Å²) in [4.78, 5) is 26.6. The van der Waals surface area contributed by atoms with Gasteiger partial charge in [0.15, 0.2) is 12.4 Å². The Bertz CT molecular complexity index is 1610. The monoisotopic (exact) mass is 1110 g/mol. The van der Waals surface area contributed by atoms with Crippen LogP contribution in [-0.4, -0.2) is 99.6 Å². The second-order valence-electron chi connectivity index (χ2n) is 22.1. The van der Waals surface area contributed by atoms with Crippen LogP contribution in [0.15, 0.2) is 85.1 Å². The van der Waals surface area contributed by atoms with Gasteiger partial charge in [-0.05, 0) is 77.0 Å². The van der Waals surface area contributed by atoms with Gasteiger partial charge in [0.2, 0.25) is 5.91 Å². The summed E-state index contributed by atoms with van der Waals surface area (Å²) < 4.78 is 17.6. The first kappa shape index (κ1) is 73.9. The second kappa shape index (κ2) is 55.4. The van der Waals surface area contributed by atoms with Crippen LogP contribution in [0.2, 0.25) is 0 Å². The molecule has 6 N–H and O–H groups in total. The molecule has 0 spiro atoms. The highest BCUT2D eigenvalue weighted by Gasteiger charge is 2.47. The number of allylic oxidation sites excluding steroid dienone is 13. The summed E-state index contributed by atoms with van der Waals surface area (Å²) in [5.74, 6) is -1.22. The van der Waals surface area contributed by atoms with Crippen LogP contribution in [0.3, 0.4) is 0 Å². The third kappa shape index (κ3) is 43.2. The van der Waals surface area contributed by atoms with Crippen molar-refractivity contribution in [2.75, 3.05) is 13.2 Å². The smallest absolute Gasteiger partial charge is 0.306 e. The minimum Gasteiger partial charge on any atom is -0.454 e. The quantitative estimate of drug-likeness (QED) is 0.0195. The van der Waals surface area contributed by atoms with Gasteiger partial charge in [-0.1, -0.05) is 273 Å². The molecule has 11 nitrogen and oxygen atoms in total. The minimum absolute atomic E-state index is 0.121. The fourth-order valence-corrected chi connectivity index (χ4v) is 9.71. The number of carbonyl (C=O) groups excluding carboxylic acids is 2. The van der Waals surface area contributed by atoms with Crippen LogP contribution in [-0.2, 0) is 23.8 Å². The zero-order valence-electron chi connectivity index (χ0n) is 50.5. The molecule has 11 heteroatoms. The van der Waals surface area contributed by atoms with E-state index < -0.39 is 67.4 Å². The lowest BCUT2D eigenvalue weighted by atomic mass is 9.99. The van der Waals surface area contributed by atoms with Gasteiger partial charge in [-0.2, -0.15) is 0 Å². The lowest BCUT2D eigenvalue weighted by molar-refractivity contribution is -0.305. The van der Waals surface area contributed by atoms with Gasteiger partial charge in [0.05, 0.1) is 25.4 Å². The molecule has 1 fully saturated rings. The maximum absolute atomic E-state index is 13.4. The number of aliphatic hydroxyl groups excluding tert-OH is 5. The van der Waals surface area contributed by atoms with Gasteiger partial charge >= 0.3 is 5.97 Å². The largest absolute Gasteiger partial charge is 0.454 e. The lowest BCUT2D eigenvalue weighted by Crippen LogP contribution is -2.61. The Hall–Kier alpha value is -3.16. The summed E-state index contributed by atoms with van der Waals surface area (Å²) in [5.41, 5.74) is 0. The Kier molecular flexibility index (Phi) is 51.8. The molecule has 0 aliphatic carbocycles. The van der Waals surface area contributed by atoms with Gasteiger partial charge in [-0.3, -0.25) is 9.59 Å². The van der Waals surface area contributed by atoms with E-state index in [-0.39, 0.29) is 19.4 Å². The third-order valence-electron chi connectivity index (χ3n) is 14.8. The zero-order valence-corrected chi connectivity index (χ0v) is 50.5. The maximum Gasteiger partial charge on any atom is 0.306 e. The van der Waals surface area contributed by atoms with E-state index in [0.29, 0.717) is 12.8 Å². The summed E-state index contributed by atoms with van der Waals surface area (Å²) in [5, 5.41) is 57.0. The molecule has 1 aliphatic heterocycles. The Labute approximate surface area is 483 Å². The molecule has 79 heavy (non-hydrogen) atoms. The van der Waals surface area contributed by atoms with E-state index >= 15 is 0 Å². The SMILES string of the molecule is CC/C=C\C/C=C\C/C=C\C/C=C\C/C=C\C/C=C\CCCCCC(O)C(=O)NC(COC1OC(CO)C(O)C(O)C1OC(=O)CCCCCCCCCCCCCCCCCCC)C(O)/C=C/CCCCCCCCCCC. The summed E-state index contributed by atoms with van der Waals surface area (Å²) in [6.07, 6.45) is 61.9. The Morgan fingerprint density at radius 2 is 0.911 bits per heavy atom. The van der Waals surface area contributed by atoms with Crippen LogP contribution in [0, 0.1) is 0 Å². The van der Waals surface area contributed by atoms with Crippen molar-refractivity contribution >= 4 is 11.9 Å². The molecule has 0 radical (unpaired) electrons. The molecule has 1 saturated heterocycles. The summed E-state index contributed by atoms with van der Waals surface area (Å²) in [7, 11) is 0. The topological polar surface area (TPSA) is 175 Å². The maximum atomic E-state index is 13.4. The van der Waals surface area contributed by atoms with Gasteiger partial charge in [0.1, 0.15) is 24.4 Å². The van der Waals surface area contributed by atoms with Crippen molar-refractivity contribution in [2.45, 2.75) is 320 Å². The number of rotatable bonds is 54. The average molecular weight is 1110 g/mol. The summed E-state index contributed by atoms with van der Waals surface area (Å²) >= 11 is 0. The van der Waals surface area contributed by atoms with E-state index in [1.807, 2.05) is 6.08 Å². The molecule has 1 amide bonds. The highest BCUT2D eigenvalue weighted by Crippen LogP contribution is 2.26. The number of unbranched alkanes of at least 4 members (excludes halogenated alkanes) is 28. The molecule has 1 heterocycles. The molecule has 1 aliphatic rings. The first-order valence-electron chi connectivity index (χ1n) is 32.4. The predicted molar refractivity (Wildman–Crippen MR) is 329 cm³/mol. The van der Waals surface area contributed by atoms with Crippen LogP contribution in [0.1, 0.15) is 271 Å². The van der Waals surface area contributed by atoms with Gasteiger partial charge in [0.25, 0.3) is 0 Å². The van der Waals surface area contributed by atoms with E-state index in [1.54, 1.807) is 6.08 Å². The van der Waals surface area contributed by atoms with Crippen LogP contribution >= 0.6 is 0 Å². The molecule has 0 saturated carbocycles. The fraction of sp³-hybridized carbons (Fsp3) is 0.765. The highest BCUT2D eigenvalue weighted by atomic mass is 16.7. The number of carbonyl (C=O) groups is 2. The number of hydrogen-bond acceptors (Lipinski definition) is 10. The number of esters is 1. The first-order chi connectivity index (χ1) is 38.7. The van der Waals surface area contributed by atoms with Gasteiger partial charge in [-0.15, -0.1) is 0 Å². The molecule has 8 atom stereocenters. The van der Waals surface area contributed by atoms with Crippen LogP contribution in [0.4, 0.5) is 0 Å². The van der Waals surface area contributed by atoms with Crippen molar-refractivity contribution in [3.05, 3.63) is 85.1 Å². The normalized spacial score (nSPS) is 19.4. The van der Waals surface area contributed by atoms with Crippen molar-refractivity contribution in [3.63, 3.8) is 0 Å². The molecule has 0 aromatic rings. The third-order valence-corrected chi connectivity index (χ3v) is 14.8. The van der Waals surface area contributed by atoms with E-state index in [9.17, 15) is 35.1 Å². The van der Waals surface area contributed by atoms with Crippen molar-refractivity contribution < 1.29 is 49.3 Å². The van der Waals surface area contributed by atoms with Crippen molar-refractivity contribution in [2.24, 2.45) is 0 Å². The molecule has 0 bridgehead atoms. The first-order valence-corrected chi connectivity index (χ1v) is 32.4. The Morgan fingerprint density at radius 1 is 0.506 bits per heavy atom. The van der Waals surface area contributed by atoms with E-state index in [0.717, 1.165) is 103 Å². The standard InChI is InChI=1S/C68H119NO10/c1-4-7-10-13-16-19-22-24-26-28-29-30-31-32-34-35-37-40-43-46-49-52-55-61(72)67(76)69-59(60(71)54-51-48-45-42-39-21-18-15-12-9-6-3)58-77-68-66(65(75)64(74)62(57-70)78-68)79-63(73)56-53-50-47-44-41-38-36-33-27-25-23-20-17-14-11-8-5-2/h7,10,16,19,24,26,29-30,32,34,37,40,51,54,59-62,64-66,68,70-72,74-75H,4-6,8-9,11-15,17-18,20-23,25,27-28,31,33,35-36,38-39,41-50,52-53,55-58H2,1-3H3,(H,69,76)/b10-7-,19-16-,26-24-,30-29-,34-32-,40-37-,54-51+. The number of amides is 1. The Morgan fingerprint density at radius 3 is 1.37 bits per heavy atom. The molecule has 8 unspecified atom stereocenters. The fourth-order valence-electron chi connectivity index (χ4n) is 9.71. The predicted octanol–water partition coefficient (Wildman–Crippen LogP) is 15.7. The minimum atomic E-state index is -1.62. The second-order valence-corrected chi connectivity index (χ2v) is 22.1. The van der Waals surface area contributed by atoms with Gasteiger partial charge in [0, 0.05) is 6.42 Å². The van der Waals surface area contributed by atoms with Crippen LogP contribution in [0.25, 0.3) is 0 Å². The molecule has 0 aromatic carbocycles. The van der Waals surface area contributed by atoms with E-state index in [1.165, 1.54) is 122 Å². The number of hydrogen-bond donors (Lipinski definition) is 6. The molecule has 0 aromatic heterocycles. The summed E-state index contributed by atoms with van der Waals surface area (Å²) in [6, 6.07) is -1.04. The summed E-state index contributed by atoms with van der Waals surface area (Å²) in [6.45, 7) is 5.66. The average Bonchev–Trinajstić information content (AvgIpc) is 3.45. The van der Waals surface area contributed by atoms with Crippen molar-refractivity contribution in [3.8, 4) is 0 Å². The zero-order chi connectivity index (χ0) is 57.5. The number of aliphatic hydroxyl groups is 5. The molecule has 1 rings (SSSR count).